The second kappa shape index (κ2) is 6.49. The van der Waals surface area contributed by atoms with E-state index in [4.69, 9.17) is 9.26 Å². The molecule has 1 aromatic carbocycles. The predicted octanol–water partition coefficient (Wildman–Crippen LogP) is 2.84. The predicted molar refractivity (Wildman–Crippen MR) is 81.7 cm³/mol. The molecule has 0 saturated heterocycles. The van der Waals surface area contributed by atoms with Crippen LogP contribution in [0.1, 0.15) is 31.7 Å². The third-order valence-corrected chi connectivity index (χ3v) is 4.29. The van der Waals surface area contributed by atoms with Crippen LogP contribution in [0.4, 0.5) is 0 Å². The molecule has 0 bridgehead atoms. The van der Waals surface area contributed by atoms with Gasteiger partial charge >= 0.3 is 0 Å². The maximum absolute atomic E-state index is 5.95. The SMILES string of the molecule is CC(C)NCCc1nc(C2CSc3ccccc3O2)no1. The summed E-state index contributed by atoms with van der Waals surface area (Å²) >= 11 is 1.76. The minimum Gasteiger partial charge on any atom is -0.480 e. The lowest BCUT2D eigenvalue weighted by Crippen LogP contribution is -2.25. The van der Waals surface area contributed by atoms with Gasteiger partial charge in [0.05, 0.1) is 0 Å². The molecule has 1 aliphatic heterocycles. The van der Waals surface area contributed by atoms with Crippen molar-refractivity contribution in [2.24, 2.45) is 0 Å². The Hall–Kier alpha value is -1.53. The number of thioether (sulfide) groups is 1. The quantitative estimate of drug-likeness (QED) is 0.916. The Labute approximate surface area is 128 Å². The fourth-order valence-electron chi connectivity index (χ4n) is 2.11. The number of hydrogen-bond donors (Lipinski definition) is 1. The van der Waals surface area contributed by atoms with Gasteiger partial charge in [-0.2, -0.15) is 4.98 Å². The van der Waals surface area contributed by atoms with E-state index in [1.54, 1.807) is 11.8 Å². The molecule has 0 radical (unpaired) electrons. The van der Waals surface area contributed by atoms with Crippen molar-refractivity contribution < 1.29 is 9.26 Å². The highest BCUT2D eigenvalue weighted by atomic mass is 32.2. The molecule has 2 aromatic rings. The van der Waals surface area contributed by atoms with E-state index in [2.05, 4.69) is 35.4 Å². The fraction of sp³-hybridized carbons (Fsp3) is 0.467. The second-order valence-electron chi connectivity index (χ2n) is 5.27. The van der Waals surface area contributed by atoms with Gasteiger partial charge < -0.3 is 14.6 Å². The van der Waals surface area contributed by atoms with E-state index in [-0.39, 0.29) is 6.10 Å². The molecule has 1 aromatic heterocycles. The molecular weight excluding hydrogens is 286 g/mol. The molecule has 5 nitrogen and oxygen atoms in total. The van der Waals surface area contributed by atoms with E-state index in [9.17, 15) is 0 Å². The van der Waals surface area contributed by atoms with Crippen LogP contribution in [0, 0.1) is 0 Å². The molecule has 0 fully saturated rings. The smallest absolute Gasteiger partial charge is 0.228 e. The van der Waals surface area contributed by atoms with Crippen LogP contribution in [0.25, 0.3) is 0 Å². The topological polar surface area (TPSA) is 60.2 Å². The molecule has 0 amide bonds. The third kappa shape index (κ3) is 3.57. The van der Waals surface area contributed by atoms with Gasteiger partial charge in [0.25, 0.3) is 0 Å². The summed E-state index contributed by atoms with van der Waals surface area (Å²) in [6.07, 6.45) is 0.599. The largest absolute Gasteiger partial charge is 0.480 e. The van der Waals surface area contributed by atoms with Gasteiger partial charge in [0.2, 0.25) is 11.7 Å². The van der Waals surface area contributed by atoms with E-state index in [0.717, 1.165) is 24.5 Å². The number of hydrogen-bond acceptors (Lipinski definition) is 6. The first-order chi connectivity index (χ1) is 10.2. The van der Waals surface area contributed by atoms with Gasteiger partial charge in [-0.3, -0.25) is 0 Å². The zero-order valence-corrected chi connectivity index (χ0v) is 13.0. The first-order valence-electron chi connectivity index (χ1n) is 7.16. The van der Waals surface area contributed by atoms with Crippen LogP contribution in [0.5, 0.6) is 5.75 Å². The van der Waals surface area contributed by atoms with Crippen LogP contribution >= 0.6 is 11.8 Å². The maximum Gasteiger partial charge on any atom is 0.228 e. The maximum atomic E-state index is 5.95. The van der Waals surface area contributed by atoms with Crippen molar-refractivity contribution in [1.82, 2.24) is 15.5 Å². The lowest BCUT2D eigenvalue weighted by atomic mass is 10.3. The van der Waals surface area contributed by atoms with Crippen LogP contribution in [-0.2, 0) is 6.42 Å². The van der Waals surface area contributed by atoms with E-state index >= 15 is 0 Å². The molecule has 1 N–H and O–H groups in total. The summed E-state index contributed by atoms with van der Waals surface area (Å²) < 4.78 is 11.2. The zero-order chi connectivity index (χ0) is 14.7. The van der Waals surface area contributed by atoms with E-state index in [0.29, 0.717) is 17.8 Å². The highest BCUT2D eigenvalue weighted by molar-refractivity contribution is 7.99. The fourth-order valence-corrected chi connectivity index (χ4v) is 3.10. The normalized spacial score (nSPS) is 17.6. The number of para-hydroxylation sites is 1. The molecule has 1 atom stereocenters. The molecule has 2 heterocycles. The zero-order valence-electron chi connectivity index (χ0n) is 12.2. The Morgan fingerprint density at radius 2 is 2.24 bits per heavy atom. The summed E-state index contributed by atoms with van der Waals surface area (Å²) in [5, 5.41) is 7.39. The minimum absolute atomic E-state index is 0.138. The molecule has 0 spiro atoms. The molecule has 3 rings (SSSR count). The minimum atomic E-state index is -0.138. The number of fused-ring (bicyclic) bond motifs is 1. The van der Waals surface area contributed by atoms with Crippen molar-refractivity contribution in [1.29, 1.82) is 0 Å². The average molecular weight is 305 g/mol. The molecule has 112 valence electrons. The van der Waals surface area contributed by atoms with Crippen molar-refractivity contribution in [2.45, 2.75) is 37.3 Å². The molecule has 0 aliphatic carbocycles. The van der Waals surface area contributed by atoms with E-state index in [1.807, 2.05) is 18.2 Å². The van der Waals surface area contributed by atoms with Gasteiger partial charge in [-0.1, -0.05) is 31.1 Å². The van der Waals surface area contributed by atoms with Crippen LogP contribution in [0.3, 0.4) is 0 Å². The number of aromatic nitrogens is 2. The van der Waals surface area contributed by atoms with Gasteiger partial charge in [0.15, 0.2) is 6.10 Å². The van der Waals surface area contributed by atoms with Gasteiger partial charge in [0.1, 0.15) is 5.75 Å². The third-order valence-electron chi connectivity index (χ3n) is 3.17. The van der Waals surface area contributed by atoms with Crippen LogP contribution in [0.15, 0.2) is 33.7 Å². The average Bonchev–Trinajstić information content (AvgIpc) is 2.95. The van der Waals surface area contributed by atoms with E-state index < -0.39 is 0 Å². The van der Waals surface area contributed by atoms with Crippen molar-refractivity contribution in [3.05, 3.63) is 36.0 Å². The Bertz CT molecular complexity index is 600. The highest BCUT2D eigenvalue weighted by Gasteiger charge is 2.25. The summed E-state index contributed by atoms with van der Waals surface area (Å²) in [6, 6.07) is 8.49. The van der Waals surface area contributed by atoms with Gasteiger partial charge in [-0.25, -0.2) is 0 Å². The Balaban J connectivity index is 1.62. The Kier molecular flexibility index (Phi) is 4.45. The Morgan fingerprint density at radius 3 is 3.10 bits per heavy atom. The summed E-state index contributed by atoms with van der Waals surface area (Å²) in [6.45, 7) is 5.07. The van der Waals surface area contributed by atoms with Gasteiger partial charge in [-0.15, -0.1) is 11.8 Å². The highest BCUT2D eigenvalue weighted by Crippen LogP contribution is 2.39. The van der Waals surface area contributed by atoms with Crippen LogP contribution in [0.2, 0.25) is 0 Å². The molecule has 1 aliphatic rings. The molecule has 1 unspecified atom stereocenters. The first kappa shape index (κ1) is 14.4. The summed E-state index contributed by atoms with van der Waals surface area (Å²) in [7, 11) is 0. The van der Waals surface area contributed by atoms with E-state index in [1.165, 1.54) is 4.90 Å². The first-order valence-corrected chi connectivity index (χ1v) is 8.15. The number of rotatable bonds is 5. The molecule has 0 saturated carbocycles. The molecule has 21 heavy (non-hydrogen) atoms. The van der Waals surface area contributed by atoms with Crippen molar-refractivity contribution >= 4 is 11.8 Å². The summed E-state index contributed by atoms with van der Waals surface area (Å²) in [4.78, 5) is 5.61. The monoisotopic (exact) mass is 305 g/mol. The second-order valence-corrected chi connectivity index (χ2v) is 6.33. The van der Waals surface area contributed by atoms with Crippen molar-refractivity contribution in [3.8, 4) is 5.75 Å². The van der Waals surface area contributed by atoms with Gasteiger partial charge in [-0.05, 0) is 12.1 Å². The van der Waals surface area contributed by atoms with Crippen molar-refractivity contribution in [2.75, 3.05) is 12.3 Å². The standard InChI is InChI=1S/C15H19N3O2S/c1-10(2)16-8-7-14-17-15(18-20-14)12-9-21-13-6-4-3-5-11(13)19-12/h3-6,10,12,16H,7-9H2,1-2H3. The van der Waals surface area contributed by atoms with Crippen LogP contribution in [-0.4, -0.2) is 28.5 Å². The van der Waals surface area contributed by atoms with Gasteiger partial charge in [0, 0.05) is 29.7 Å². The number of nitrogens with zero attached hydrogens (tertiary/aromatic N) is 2. The Morgan fingerprint density at radius 1 is 1.38 bits per heavy atom. The van der Waals surface area contributed by atoms with Crippen molar-refractivity contribution in [3.63, 3.8) is 0 Å². The summed E-state index contributed by atoms with van der Waals surface area (Å²) in [5.74, 6) is 2.99. The molecular formula is C15H19N3O2S. The lowest BCUT2D eigenvalue weighted by Gasteiger charge is -2.22. The number of nitrogens with one attached hydrogen (secondary N) is 1. The lowest BCUT2D eigenvalue weighted by molar-refractivity contribution is 0.205. The number of ether oxygens (including phenoxy) is 1. The molecule has 6 heteroatoms. The number of benzene rings is 1. The van der Waals surface area contributed by atoms with Crippen LogP contribution < -0.4 is 10.1 Å². The summed E-state index contributed by atoms with van der Waals surface area (Å²) in [5.41, 5.74) is 0.